The van der Waals surface area contributed by atoms with Crippen molar-refractivity contribution in [3.8, 4) is 0 Å². The van der Waals surface area contributed by atoms with Gasteiger partial charge in [-0.1, -0.05) is 207 Å². The van der Waals surface area contributed by atoms with Crippen molar-refractivity contribution in [1.29, 1.82) is 0 Å². The summed E-state index contributed by atoms with van der Waals surface area (Å²) in [5.41, 5.74) is 0. The summed E-state index contributed by atoms with van der Waals surface area (Å²) in [4.78, 5) is 59.7. The number of amides is 1. The van der Waals surface area contributed by atoms with E-state index in [0.717, 1.165) is 70.6 Å². The molecule has 1 rings (SSSR count). The Morgan fingerprint density at radius 1 is 0.585 bits per heavy atom. The predicted molar refractivity (Wildman–Crippen MR) is 256 cm³/mol. The summed E-state index contributed by atoms with van der Waals surface area (Å²) in [5, 5.41) is 34.2. The van der Waals surface area contributed by atoms with E-state index in [4.69, 9.17) is 18.7 Å². The molecule has 1 fully saturated rings. The monoisotopic (exact) mass is 950 g/mol. The van der Waals surface area contributed by atoms with Gasteiger partial charge in [-0.2, -0.15) is 0 Å². The minimum atomic E-state index is -5.29. The fourth-order valence-electron chi connectivity index (χ4n) is 8.70. The van der Waals surface area contributed by atoms with Crippen molar-refractivity contribution in [2.75, 3.05) is 6.61 Å². The lowest BCUT2D eigenvalue weighted by atomic mass is 9.96. The number of phosphoric acid groups is 1. The van der Waals surface area contributed by atoms with Crippen molar-refractivity contribution < 1.29 is 62.8 Å². The first-order valence-electron chi connectivity index (χ1n) is 26.4. The standard InChI is InChI=1S/C50H96NO13P/c1-4-7-10-13-16-19-21-24-27-30-33-36-42(61-45(55)37-34-31-28-25-22-20-17-14-11-8-5-2)39-46(56)63-49-47(50(57)62-43(40-52)48(49)64-65(58,59)60)51-44(54)38-41(53)35-32-29-26-23-18-15-12-9-6-3/h41-43,47-50,52-53,57H,4-40H2,1-3H3,(H,51,54)(H2,58,59,60)/t41?,42?,43-,47-,48-,49-,50?/m1/s1. The molecule has 0 aromatic carbocycles. The van der Waals surface area contributed by atoms with Crippen LogP contribution in [0.15, 0.2) is 0 Å². The van der Waals surface area contributed by atoms with Gasteiger partial charge < -0.3 is 44.6 Å². The molecule has 0 aromatic rings. The van der Waals surface area contributed by atoms with E-state index >= 15 is 0 Å². The van der Waals surface area contributed by atoms with Crippen molar-refractivity contribution in [1.82, 2.24) is 5.32 Å². The summed E-state index contributed by atoms with van der Waals surface area (Å²) >= 11 is 0. The van der Waals surface area contributed by atoms with Crippen LogP contribution in [-0.4, -0.2) is 92.4 Å². The Hall–Kier alpha value is -1.64. The van der Waals surface area contributed by atoms with Crippen molar-refractivity contribution >= 4 is 25.7 Å². The van der Waals surface area contributed by atoms with E-state index < -0.39 is 75.1 Å². The molecule has 1 heterocycles. The summed E-state index contributed by atoms with van der Waals surface area (Å²) in [5.74, 6) is -2.05. The molecule has 0 bridgehead atoms. The first-order chi connectivity index (χ1) is 31.3. The van der Waals surface area contributed by atoms with Crippen LogP contribution in [0.3, 0.4) is 0 Å². The van der Waals surface area contributed by atoms with Crippen LogP contribution in [0.5, 0.6) is 0 Å². The third-order valence-corrected chi connectivity index (χ3v) is 13.1. The van der Waals surface area contributed by atoms with Gasteiger partial charge in [-0.05, 0) is 25.7 Å². The van der Waals surface area contributed by atoms with Gasteiger partial charge in [0.1, 0.15) is 24.4 Å². The molecule has 0 spiro atoms. The van der Waals surface area contributed by atoms with Gasteiger partial charge in [0.05, 0.1) is 25.6 Å². The number of phosphoric ester groups is 1. The topological polar surface area (TPSA) is 218 Å². The van der Waals surface area contributed by atoms with Gasteiger partial charge in [-0.25, -0.2) is 4.57 Å². The number of rotatable bonds is 44. The number of hydrogen-bond donors (Lipinski definition) is 6. The van der Waals surface area contributed by atoms with E-state index in [-0.39, 0.29) is 19.3 Å². The van der Waals surface area contributed by atoms with Crippen LogP contribution in [0.2, 0.25) is 0 Å². The van der Waals surface area contributed by atoms with Crippen LogP contribution in [0.1, 0.15) is 252 Å². The molecule has 15 heteroatoms. The summed E-state index contributed by atoms with van der Waals surface area (Å²) in [6.07, 6.45) is 26.3. The number of aliphatic hydroxyl groups excluding tert-OH is 3. The average Bonchev–Trinajstić information content (AvgIpc) is 3.25. The van der Waals surface area contributed by atoms with Crippen LogP contribution in [0.25, 0.3) is 0 Å². The lowest BCUT2D eigenvalue weighted by Crippen LogP contribution is -2.65. The molecule has 0 aromatic heterocycles. The number of ether oxygens (including phenoxy) is 3. The molecule has 384 valence electrons. The zero-order valence-electron chi connectivity index (χ0n) is 41.2. The molecule has 1 aliphatic rings. The number of carbonyl (C=O) groups is 3. The molecule has 0 radical (unpaired) electrons. The molecule has 3 unspecified atom stereocenters. The Balaban J connectivity index is 2.94. The van der Waals surface area contributed by atoms with E-state index in [1.54, 1.807) is 0 Å². The second-order valence-corrected chi connectivity index (χ2v) is 19.9. The fourth-order valence-corrected chi connectivity index (χ4v) is 9.27. The zero-order valence-corrected chi connectivity index (χ0v) is 42.0. The van der Waals surface area contributed by atoms with Gasteiger partial charge in [0.2, 0.25) is 5.91 Å². The molecule has 1 amide bonds. The Morgan fingerprint density at radius 3 is 1.43 bits per heavy atom. The Morgan fingerprint density at radius 2 is 1.00 bits per heavy atom. The average molecular weight is 950 g/mol. The third-order valence-electron chi connectivity index (χ3n) is 12.6. The van der Waals surface area contributed by atoms with Crippen LogP contribution >= 0.6 is 7.82 Å². The van der Waals surface area contributed by atoms with E-state index in [9.17, 15) is 44.1 Å². The number of esters is 2. The Labute approximate surface area is 394 Å². The largest absolute Gasteiger partial charge is 0.470 e. The number of carbonyl (C=O) groups excluding carboxylic acids is 3. The molecular weight excluding hydrogens is 854 g/mol. The summed E-state index contributed by atoms with van der Waals surface area (Å²) in [6, 6.07) is -1.58. The smallest absolute Gasteiger partial charge is 0.462 e. The zero-order chi connectivity index (χ0) is 48.0. The van der Waals surface area contributed by atoms with Crippen molar-refractivity contribution in [2.45, 2.75) is 295 Å². The normalized spacial score (nSPS) is 19.8. The van der Waals surface area contributed by atoms with Gasteiger partial charge in [-0.3, -0.25) is 18.9 Å². The second-order valence-electron chi connectivity index (χ2n) is 18.8. The molecule has 0 aliphatic carbocycles. The summed E-state index contributed by atoms with van der Waals surface area (Å²) in [6.45, 7) is 5.75. The lowest BCUT2D eigenvalue weighted by Gasteiger charge is -2.43. The van der Waals surface area contributed by atoms with Gasteiger partial charge in [-0.15, -0.1) is 0 Å². The lowest BCUT2D eigenvalue weighted by molar-refractivity contribution is -0.256. The highest BCUT2D eigenvalue weighted by atomic mass is 31.2. The SMILES string of the molecule is CCCCCCCCCCCCCC(=O)OC(CCCCCCCCCCCCC)CC(=O)O[C@H]1[C@H](OP(=O)(O)O)[C@@H](CO)OC(O)[C@@H]1NC(=O)CC(O)CCCCCCCCCCC. The quantitative estimate of drug-likeness (QED) is 0.0190. The number of nitrogens with one attached hydrogen (secondary N) is 1. The van der Waals surface area contributed by atoms with E-state index in [1.165, 1.54) is 116 Å². The number of hydrogen-bond acceptors (Lipinski definition) is 11. The summed E-state index contributed by atoms with van der Waals surface area (Å²) < 4.78 is 34.1. The minimum absolute atomic E-state index is 0.211. The van der Waals surface area contributed by atoms with Crippen molar-refractivity contribution in [2.24, 2.45) is 0 Å². The molecule has 6 N–H and O–H groups in total. The van der Waals surface area contributed by atoms with Crippen molar-refractivity contribution in [3.63, 3.8) is 0 Å². The number of aliphatic hydroxyl groups is 3. The maximum absolute atomic E-state index is 13.7. The van der Waals surface area contributed by atoms with Crippen LogP contribution in [0, 0.1) is 0 Å². The van der Waals surface area contributed by atoms with Crippen LogP contribution < -0.4 is 5.32 Å². The van der Waals surface area contributed by atoms with E-state index in [1.807, 2.05) is 0 Å². The predicted octanol–water partition coefficient (Wildman–Crippen LogP) is 10.9. The maximum Gasteiger partial charge on any atom is 0.470 e. The van der Waals surface area contributed by atoms with Crippen molar-refractivity contribution in [3.05, 3.63) is 0 Å². The maximum atomic E-state index is 13.7. The van der Waals surface area contributed by atoms with Gasteiger partial charge >= 0.3 is 19.8 Å². The van der Waals surface area contributed by atoms with Crippen LogP contribution in [-0.2, 0) is 37.7 Å². The molecule has 0 saturated carbocycles. The highest BCUT2D eigenvalue weighted by molar-refractivity contribution is 7.46. The Kier molecular flexibility index (Phi) is 38.0. The molecule has 7 atom stereocenters. The van der Waals surface area contributed by atoms with Gasteiger partial charge in [0.25, 0.3) is 0 Å². The number of unbranched alkanes of at least 4 members (excludes halogenated alkanes) is 28. The third kappa shape index (κ3) is 33.5. The van der Waals surface area contributed by atoms with E-state index in [2.05, 4.69) is 26.1 Å². The first kappa shape index (κ1) is 61.4. The molecular formula is C50H96NO13P. The molecule has 1 aliphatic heterocycles. The van der Waals surface area contributed by atoms with Gasteiger partial charge in [0.15, 0.2) is 12.4 Å². The highest BCUT2D eigenvalue weighted by Gasteiger charge is 2.51. The first-order valence-corrected chi connectivity index (χ1v) is 27.9. The second kappa shape index (κ2) is 40.3. The van der Waals surface area contributed by atoms with Crippen LogP contribution in [0.4, 0.5) is 0 Å². The molecule has 65 heavy (non-hydrogen) atoms. The van der Waals surface area contributed by atoms with Gasteiger partial charge in [0, 0.05) is 6.42 Å². The fraction of sp³-hybridized carbons (Fsp3) is 0.940. The van der Waals surface area contributed by atoms with E-state index in [0.29, 0.717) is 25.7 Å². The molecule has 1 saturated heterocycles. The highest BCUT2D eigenvalue weighted by Crippen LogP contribution is 2.42. The molecule has 14 nitrogen and oxygen atoms in total. The minimum Gasteiger partial charge on any atom is -0.462 e. The Bertz CT molecular complexity index is 1220. The summed E-state index contributed by atoms with van der Waals surface area (Å²) in [7, 11) is -5.29.